The van der Waals surface area contributed by atoms with Gasteiger partial charge in [0.1, 0.15) is 5.92 Å². The van der Waals surface area contributed by atoms with Crippen LogP contribution in [-0.4, -0.2) is 12.2 Å². The Hall–Kier alpha value is -2.03. The number of ketones is 1. The van der Waals surface area contributed by atoms with E-state index in [1.165, 1.54) is 0 Å². The molecule has 0 heterocycles. The van der Waals surface area contributed by atoms with E-state index >= 15 is 0 Å². The molecule has 0 saturated heterocycles. The quantitative estimate of drug-likeness (QED) is 0.747. The van der Waals surface area contributed by atoms with Crippen LogP contribution in [0.2, 0.25) is 0 Å². The molecular formula is C15H12F2O. The van der Waals surface area contributed by atoms with Gasteiger partial charge in [0.2, 0.25) is 0 Å². The molecule has 2 aromatic carbocycles. The molecule has 1 unspecified atom stereocenters. The highest BCUT2D eigenvalue weighted by molar-refractivity contribution is 6.01. The van der Waals surface area contributed by atoms with Crippen LogP contribution in [0.25, 0.3) is 0 Å². The number of hydrogen-bond acceptors (Lipinski definition) is 1. The van der Waals surface area contributed by atoms with Crippen LogP contribution >= 0.6 is 0 Å². The molecule has 3 heteroatoms. The van der Waals surface area contributed by atoms with Gasteiger partial charge in [-0.15, -0.1) is 0 Å². The zero-order chi connectivity index (χ0) is 13.0. The minimum Gasteiger partial charge on any atom is -0.293 e. The second kappa shape index (κ2) is 5.54. The Morgan fingerprint density at radius 2 is 1.33 bits per heavy atom. The standard InChI is InChI=1S/C15H12F2O/c16-15(17)13(11-7-3-1-4-8-11)14(18)12-9-5-2-6-10-12/h1-10,13,15H. The molecule has 0 aliphatic rings. The SMILES string of the molecule is O=C(c1ccccc1)C(c1ccccc1)C(F)F. The Morgan fingerprint density at radius 1 is 0.833 bits per heavy atom. The van der Waals surface area contributed by atoms with Gasteiger partial charge in [0, 0.05) is 5.56 Å². The van der Waals surface area contributed by atoms with Crippen molar-refractivity contribution in [2.24, 2.45) is 0 Å². The average molecular weight is 246 g/mol. The summed E-state index contributed by atoms with van der Waals surface area (Å²) < 4.78 is 26.2. The molecule has 0 aliphatic carbocycles. The van der Waals surface area contributed by atoms with Gasteiger partial charge in [0.05, 0.1) is 0 Å². The van der Waals surface area contributed by atoms with Gasteiger partial charge in [0.25, 0.3) is 6.43 Å². The highest BCUT2D eigenvalue weighted by Crippen LogP contribution is 2.27. The third-order valence-corrected chi connectivity index (χ3v) is 2.75. The molecule has 0 aliphatic heterocycles. The highest BCUT2D eigenvalue weighted by Gasteiger charge is 2.30. The van der Waals surface area contributed by atoms with E-state index in [0.717, 1.165) is 0 Å². The zero-order valence-electron chi connectivity index (χ0n) is 9.59. The van der Waals surface area contributed by atoms with Crippen molar-refractivity contribution in [3.8, 4) is 0 Å². The van der Waals surface area contributed by atoms with Gasteiger partial charge in [0.15, 0.2) is 5.78 Å². The summed E-state index contributed by atoms with van der Waals surface area (Å²) in [5, 5.41) is 0. The normalized spacial score (nSPS) is 12.4. The smallest absolute Gasteiger partial charge is 0.252 e. The van der Waals surface area contributed by atoms with Crippen LogP contribution in [-0.2, 0) is 0 Å². The first kappa shape index (κ1) is 12.4. The fourth-order valence-corrected chi connectivity index (χ4v) is 1.85. The summed E-state index contributed by atoms with van der Waals surface area (Å²) in [4.78, 5) is 12.1. The molecule has 0 saturated carbocycles. The number of carbonyl (C=O) groups excluding carboxylic acids is 1. The summed E-state index contributed by atoms with van der Waals surface area (Å²) >= 11 is 0. The first-order valence-corrected chi connectivity index (χ1v) is 5.62. The van der Waals surface area contributed by atoms with E-state index in [9.17, 15) is 13.6 Å². The number of benzene rings is 2. The molecule has 92 valence electrons. The molecule has 1 atom stereocenters. The van der Waals surface area contributed by atoms with Crippen molar-refractivity contribution in [2.75, 3.05) is 0 Å². The van der Waals surface area contributed by atoms with Crippen LogP contribution in [0.4, 0.5) is 8.78 Å². The monoisotopic (exact) mass is 246 g/mol. The highest BCUT2D eigenvalue weighted by atomic mass is 19.3. The van der Waals surface area contributed by atoms with Crippen LogP contribution < -0.4 is 0 Å². The van der Waals surface area contributed by atoms with E-state index in [4.69, 9.17) is 0 Å². The van der Waals surface area contributed by atoms with Gasteiger partial charge in [-0.2, -0.15) is 0 Å². The Labute approximate surface area is 104 Å². The van der Waals surface area contributed by atoms with Crippen molar-refractivity contribution in [1.82, 2.24) is 0 Å². The molecule has 2 rings (SSSR count). The first-order valence-electron chi connectivity index (χ1n) is 5.62. The molecule has 0 bridgehead atoms. The molecule has 1 nitrogen and oxygen atoms in total. The van der Waals surface area contributed by atoms with Gasteiger partial charge in [-0.1, -0.05) is 60.7 Å². The lowest BCUT2D eigenvalue weighted by molar-refractivity contribution is 0.0735. The van der Waals surface area contributed by atoms with E-state index in [0.29, 0.717) is 11.1 Å². The number of halogens is 2. The van der Waals surface area contributed by atoms with Crippen molar-refractivity contribution in [3.05, 3.63) is 71.8 Å². The molecule has 0 fully saturated rings. The first-order chi connectivity index (χ1) is 8.70. The molecule has 0 radical (unpaired) electrons. The summed E-state index contributed by atoms with van der Waals surface area (Å²) in [6.07, 6.45) is -2.71. The van der Waals surface area contributed by atoms with Gasteiger partial charge < -0.3 is 0 Å². The van der Waals surface area contributed by atoms with E-state index in [2.05, 4.69) is 0 Å². The van der Waals surface area contributed by atoms with Gasteiger partial charge >= 0.3 is 0 Å². The molecule has 18 heavy (non-hydrogen) atoms. The lowest BCUT2D eigenvalue weighted by Gasteiger charge is -2.15. The molecule has 0 N–H and O–H groups in total. The minimum absolute atomic E-state index is 0.312. The van der Waals surface area contributed by atoms with Crippen molar-refractivity contribution in [3.63, 3.8) is 0 Å². The lowest BCUT2D eigenvalue weighted by Crippen LogP contribution is -2.20. The summed E-state index contributed by atoms with van der Waals surface area (Å²) in [5.41, 5.74) is 0.660. The van der Waals surface area contributed by atoms with Gasteiger partial charge in [-0.05, 0) is 5.56 Å². The topological polar surface area (TPSA) is 17.1 Å². The third-order valence-electron chi connectivity index (χ3n) is 2.75. The number of Topliss-reactive ketones (excluding diaryl/α,β-unsaturated/α-hetero) is 1. The van der Waals surface area contributed by atoms with E-state index in [-0.39, 0.29) is 0 Å². The Morgan fingerprint density at radius 3 is 1.83 bits per heavy atom. The Bertz CT molecular complexity index is 509. The van der Waals surface area contributed by atoms with Crippen molar-refractivity contribution in [2.45, 2.75) is 12.3 Å². The fraction of sp³-hybridized carbons (Fsp3) is 0.133. The number of alkyl halides is 2. The van der Waals surface area contributed by atoms with Crippen LogP contribution in [0.15, 0.2) is 60.7 Å². The van der Waals surface area contributed by atoms with Crippen LogP contribution in [0.1, 0.15) is 21.8 Å². The van der Waals surface area contributed by atoms with Crippen molar-refractivity contribution in [1.29, 1.82) is 0 Å². The van der Waals surface area contributed by atoms with Crippen LogP contribution in [0, 0.1) is 0 Å². The molecule has 0 aromatic heterocycles. The minimum atomic E-state index is -2.71. The third kappa shape index (κ3) is 2.62. The van der Waals surface area contributed by atoms with Gasteiger partial charge in [-0.25, -0.2) is 8.78 Å². The zero-order valence-corrected chi connectivity index (χ0v) is 9.59. The Kier molecular flexibility index (Phi) is 3.82. The Balaban J connectivity index is 2.35. The van der Waals surface area contributed by atoms with E-state index in [1.807, 2.05) is 0 Å². The fourth-order valence-electron chi connectivity index (χ4n) is 1.85. The second-order valence-corrected chi connectivity index (χ2v) is 3.95. The molecule has 0 amide bonds. The lowest BCUT2D eigenvalue weighted by atomic mass is 9.91. The molecule has 0 spiro atoms. The van der Waals surface area contributed by atoms with Crippen LogP contribution in [0.5, 0.6) is 0 Å². The maximum atomic E-state index is 13.1. The molecular weight excluding hydrogens is 234 g/mol. The number of rotatable bonds is 4. The molecule has 2 aromatic rings. The predicted octanol–water partition coefficient (Wildman–Crippen LogP) is 3.92. The number of carbonyl (C=O) groups is 1. The maximum absolute atomic E-state index is 13.1. The summed E-state index contributed by atoms with van der Waals surface area (Å²) in [7, 11) is 0. The summed E-state index contributed by atoms with van der Waals surface area (Å²) in [6.45, 7) is 0. The average Bonchev–Trinajstić information content (AvgIpc) is 2.40. The predicted molar refractivity (Wildman–Crippen MR) is 66.0 cm³/mol. The van der Waals surface area contributed by atoms with Crippen molar-refractivity contribution >= 4 is 5.78 Å². The number of hydrogen-bond donors (Lipinski definition) is 0. The van der Waals surface area contributed by atoms with Crippen molar-refractivity contribution < 1.29 is 13.6 Å². The second-order valence-electron chi connectivity index (χ2n) is 3.95. The van der Waals surface area contributed by atoms with Gasteiger partial charge in [-0.3, -0.25) is 4.79 Å². The van der Waals surface area contributed by atoms with E-state index < -0.39 is 18.1 Å². The largest absolute Gasteiger partial charge is 0.293 e. The van der Waals surface area contributed by atoms with E-state index in [1.54, 1.807) is 60.7 Å². The maximum Gasteiger partial charge on any atom is 0.252 e. The summed E-state index contributed by atoms with van der Waals surface area (Å²) in [5.74, 6) is -1.94. The summed E-state index contributed by atoms with van der Waals surface area (Å²) in [6, 6.07) is 16.3. The van der Waals surface area contributed by atoms with Crippen LogP contribution in [0.3, 0.4) is 0 Å².